The monoisotopic (exact) mass is 398 g/mol. The van der Waals surface area contributed by atoms with Gasteiger partial charge in [-0.2, -0.15) is 0 Å². The molecule has 1 nitrogen and oxygen atoms in total. The quantitative estimate of drug-likeness (QED) is 0.536. The molecule has 0 aliphatic carbocycles. The van der Waals surface area contributed by atoms with Crippen LogP contribution in [0.1, 0.15) is 39.5 Å². The molecule has 0 rings (SSSR count). The first-order valence-electron chi connectivity index (χ1n) is 7.31. The molecule has 1 N–H and O–H groups in total. The molecule has 18 heavy (non-hydrogen) atoms. The first-order valence-corrected chi connectivity index (χ1v) is 20.0. The molecule has 0 aliphatic heterocycles. The molecule has 108 valence electrons. The van der Waals surface area contributed by atoms with Gasteiger partial charge in [0, 0.05) is 0 Å². The Morgan fingerprint density at radius 2 is 1.56 bits per heavy atom. The summed E-state index contributed by atoms with van der Waals surface area (Å²) >= 11 is -2.74. The molecule has 0 aromatic heterocycles. The third kappa shape index (κ3) is 7.56. The fourth-order valence-corrected chi connectivity index (χ4v) is 21.4. The topological polar surface area (TPSA) is 20.2 Å². The van der Waals surface area contributed by atoms with Crippen molar-refractivity contribution < 1.29 is 5.11 Å². The number of aliphatic hydroxyl groups is 1. The summed E-state index contributed by atoms with van der Waals surface area (Å²) in [5.41, 5.74) is 2.39. The standard InChI is InChI=1S/C6H13OSi.2C4H9.ClH.Sn/c1-8(2,3)6-4-5-7;2*1-3-4-2;;/h6-7H,5H2,1-3H3;2*1,3-4H2,2H3;1H;/q;;;;+1/p-1. The van der Waals surface area contributed by atoms with Gasteiger partial charge in [0.25, 0.3) is 0 Å². The molecule has 0 atom stereocenters. The van der Waals surface area contributed by atoms with Crippen LogP contribution in [0.3, 0.4) is 0 Å². The minimum absolute atomic E-state index is 0.206. The van der Waals surface area contributed by atoms with Gasteiger partial charge in [-0.3, -0.25) is 0 Å². The van der Waals surface area contributed by atoms with Crippen LogP contribution in [0.5, 0.6) is 0 Å². The molecule has 0 aromatic rings. The van der Waals surface area contributed by atoms with Crippen LogP contribution in [0.15, 0.2) is 9.29 Å². The summed E-state index contributed by atoms with van der Waals surface area (Å²) < 4.78 is 3.68. The van der Waals surface area contributed by atoms with Crippen LogP contribution in [-0.4, -0.2) is 37.0 Å². The average molecular weight is 398 g/mol. The van der Waals surface area contributed by atoms with Crippen LogP contribution in [0, 0.1) is 0 Å². The van der Waals surface area contributed by atoms with Crippen LogP contribution in [-0.2, 0) is 0 Å². The predicted molar refractivity (Wildman–Crippen MR) is 89.6 cm³/mol. The Morgan fingerprint density at radius 3 is 1.83 bits per heavy atom. The molecule has 0 heterocycles. The van der Waals surface area contributed by atoms with E-state index in [0.29, 0.717) is 0 Å². The second-order valence-corrected chi connectivity index (χ2v) is 26.4. The summed E-state index contributed by atoms with van der Waals surface area (Å²) in [6, 6.07) is 0. The van der Waals surface area contributed by atoms with Crippen LogP contribution in [0.25, 0.3) is 0 Å². The summed E-state index contributed by atoms with van der Waals surface area (Å²) in [4.78, 5) is 0. The Bertz CT molecular complexity index is 253. The van der Waals surface area contributed by atoms with Gasteiger partial charge in [-0.1, -0.05) is 0 Å². The zero-order valence-electron chi connectivity index (χ0n) is 12.9. The second kappa shape index (κ2) is 9.04. The molecule has 0 unspecified atom stereocenters. The van der Waals surface area contributed by atoms with Gasteiger partial charge >= 0.3 is 123 Å². The van der Waals surface area contributed by atoms with Crippen molar-refractivity contribution in [3.8, 4) is 0 Å². The number of unbranched alkanes of at least 4 members (excludes halogenated alkanes) is 2. The Kier molecular flexibility index (Phi) is 9.54. The Hall–Kier alpha value is 1.01. The minimum atomic E-state index is -2.74. The van der Waals surface area contributed by atoms with E-state index in [4.69, 9.17) is 8.92 Å². The molecule has 0 saturated carbocycles. The molecule has 0 fully saturated rings. The summed E-state index contributed by atoms with van der Waals surface area (Å²) in [6.07, 6.45) is 4.88. The zero-order valence-corrected chi connectivity index (χ0v) is 17.5. The van der Waals surface area contributed by atoms with Crippen molar-refractivity contribution in [2.24, 2.45) is 0 Å². The van der Waals surface area contributed by atoms with Gasteiger partial charge in [0.05, 0.1) is 0 Å². The first kappa shape index (κ1) is 19.0. The molecular formula is C14H31ClOSiSn. The van der Waals surface area contributed by atoms with Gasteiger partial charge in [0.2, 0.25) is 0 Å². The summed E-state index contributed by atoms with van der Waals surface area (Å²) in [5.74, 6) is 0. The Labute approximate surface area is 123 Å². The fraction of sp³-hybridized carbons (Fsp3) is 0.857. The fourth-order valence-electron chi connectivity index (χ4n) is 2.20. The van der Waals surface area contributed by atoms with Crippen molar-refractivity contribution >= 4 is 34.2 Å². The molecule has 4 heteroatoms. The van der Waals surface area contributed by atoms with Crippen molar-refractivity contribution in [1.82, 2.24) is 0 Å². The first-order chi connectivity index (χ1) is 8.29. The normalized spacial score (nSPS) is 14.1. The summed E-state index contributed by atoms with van der Waals surface area (Å²) in [6.45, 7) is 11.6. The van der Waals surface area contributed by atoms with Crippen molar-refractivity contribution in [1.29, 1.82) is 0 Å². The molecule has 0 bridgehead atoms. The molecule has 0 aliphatic rings. The van der Waals surface area contributed by atoms with Crippen molar-refractivity contribution in [3.05, 3.63) is 9.29 Å². The maximum absolute atomic E-state index is 9.75. The van der Waals surface area contributed by atoms with E-state index < -0.39 is 25.3 Å². The van der Waals surface area contributed by atoms with Gasteiger partial charge in [-0.05, 0) is 0 Å². The van der Waals surface area contributed by atoms with E-state index in [0.717, 1.165) is 0 Å². The van der Waals surface area contributed by atoms with Crippen molar-refractivity contribution in [3.63, 3.8) is 0 Å². The van der Waals surface area contributed by atoms with E-state index in [1.807, 2.05) is 0 Å². The Balaban J connectivity index is 5.05. The third-order valence-electron chi connectivity index (χ3n) is 3.21. The van der Waals surface area contributed by atoms with E-state index >= 15 is 0 Å². The maximum atomic E-state index is 9.75. The van der Waals surface area contributed by atoms with Gasteiger partial charge in [0.1, 0.15) is 0 Å². The molecule has 0 radical (unpaired) electrons. The predicted octanol–water partition coefficient (Wildman–Crippen LogP) is 5.11. The third-order valence-corrected chi connectivity index (χ3v) is 20.1. The van der Waals surface area contributed by atoms with E-state index in [2.05, 4.69) is 39.2 Å². The molecule has 0 amide bonds. The van der Waals surface area contributed by atoms with Crippen molar-refractivity contribution in [2.45, 2.75) is 68.0 Å². The second-order valence-electron chi connectivity index (χ2n) is 6.37. The van der Waals surface area contributed by atoms with Gasteiger partial charge in [0.15, 0.2) is 0 Å². The summed E-state index contributed by atoms with van der Waals surface area (Å²) in [5, 5.41) is 9.75. The molecule has 0 aromatic carbocycles. The Morgan fingerprint density at radius 1 is 1.11 bits per heavy atom. The zero-order chi connectivity index (χ0) is 14.2. The van der Waals surface area contributed by atoms with Gasteiger partial charge in [-0.15, -0.1) is 0 Å². The number of hydrogen-bond acceptors (Lipinski definition) is 1. The SMILES string of the molecule is CCC[CH2][Sn]([Cl])([CH2]CCC)/[C](=C/[Si](C)(C)C)CO. The number of rotatable bonds is 9. The van der Waals surface area contributed by atoms with Gasteiger partial charge in [-0.25, -0.2) is 0 Å². The van der Waals surface area contributed by atoms with Crippen LogP contribution in [0.2, 0.25) is 28.5 Å². The van der Waals surface area contributed by atoms with E-state index in [1.165, 1.54) is 38.1 Å². The molecule has 0 spiro atoms. The van der Waals surface area contributed by atoms with E-state index in [1.54, 1.807) is 0 Å². The van der Waals surface area contributed by atoms with Crippen LogP contribution >= 0.6 is 8.92 Å². The van der Waals surface area contributed by atoms with Crippen molar-refractivity contribution in [2.75, 3.05) is 6.61 Å². The molecular weight excluding hydrogens is 366 g/mol. The number of halogens is 1. The van der Waals surface area contributed by atoms with E-state index in [9.17, 15) is 5.11 Å². The van der Waals surface area contributed by atoms with Crippen LogP contribution in [0.4, 0.5) is 0 Å². The number of hydrogen-bond donors (Lipinski definition) is 1. The van der Waals surface area contributed by atoms with E-state index in [-0.39, 0.29) is 6.61 Å². The number of aliphatic hydroxyl groups excluding tert-OH is 1. The molecule has 0 saturated heterocycles. The average Bonchev–Trinajstić information content (AvgIpc) is 2.29. The van der Waals surface area contributed by atoms with Crippen LogP contribution < -0.4 is 0 Å². The summed E-state index contributed by atoms with van der Waals surface area (Å²) in [7, 11) is 5.79. The van der Waals surface area contributed by atoms with Gasteiger partial charge < -0.3 is 0 Å².